The quantitative estimate of drug-likeness (QED) is 0.506. The minimum atomic E-state index is -1.10. The molecule has 3 heteroatoms. The normalized spacial score (nSPS) is 36.8. The maximum Gasteiger partial charge on any atom is 0.211 e. The number of ketones is 2. The van der Waals surface area contributed by atoms with Crippen LogP contribution < -0.4 is 0 Å². The van der Waals surface area contributed by atoms with Gasteiger partial charge >= 0.3 is 0 Å². The number of epoxide rings is 1. The Labute approximate surface area is 96.5 Å². The second-order valence-corrected chi connectivity index (χ2v) is 6.67. The number of ether oxygens (including phenoxy) is 1. The van der Waals surface area contributed by atoms with Gasteiger partial charge in [0.05, 0.1) is 0 Å². The topological polar surface area (TPSA) is 46.7 Å². The molecule has 16 heavy (non-hydrogen) atoms. The summed E-state index contributed by atoms with van der Waals surface area (Å²) in [6, 6.07) is 0. The van der Waals surface area contributed by atoms with Crippen LogP contribution >= 0.6 is 0 Å². The average molecular weight is 224 g/mol. The predicted molar refractivity (Wildman–Crippen MR) is 60.1 cm³/mol. The number of hydrogen-bond donors (Lipinski definition) is 0. The Balaban J connectivity index is 2.35. The van der Waals surface area contributed by atoms with Crippen LogP contribution in [0.3, 0.4) is 0 Å². The minimum absolute atomic E-state index is 0.0174. The molecule has 0 N–H and O–H groups in total. The van der Waals surface area contributed by atoms with Gasteiger partial charge in [-0.25, -0.2) is 0 Å². The van der Waals surface area contributed by atoms with Crippen molar-refractivity contribution >= 4 is 11.6 Å². The molecule has 0 bridgehead atoms. The molecule has 0 radical (unpaired) electrons. The zero-order valence-electron chi connectivity index (χ0n) is 10.7. The van der Waals surface area contributed by atoms with Crippen molar-refractivity contribution in [2.24, 2.45) is 10.8 Å². The van der Waals surface area contributed by atoms with Crippen molar-refractivity contribution in [3.63, 3.8) is 0 Å². The Morgan fingerprint density at radius 3 is 2.44 bits per heavy atom. The van der Waals surface area contributed by atoms with Crippen molar-refractivity contribution in [2.45, 2.75) is 59.2 Å². The van der Waals surface area contributed by atoms with Gasteiger partial charge in [0.15, 0.2) is 11.6 Å². The first-order chi connectivity index (χ1) is 7.12. The lowest BCUT2D eigenvalue weighted by Crippen LogP contribution is -2.51. The molecule has 2 atom stereocenters. The van der Waals surface area contributed by atoms with E-state index in [4.69, 9.17) is 4.74 Å². The van der Waals surface area contributed by atoms with E-state index < -0.39 is 16.4 Å². The molecule has 1 aliphatic heterocycles. The van der Waals surface area contributed by atoms with E-state index >= 15 is 0 Å². The van der Waals surface area contributed by atoms with Gasteiger partial charge in [0.2, 0.25) is 5.60 Å². The molecule has 0 spiro atoms. The van der Waals surface area contributed by atoms with E-state index in [0.717, 1.165) is 12.8 Å². The molecule has 0 amide bonds. The van der Waals surface area contributed by atoms with Crippen molar-refractivity contribution in [3.8, 4) is 0 Å². The molecule has 90 valence electrons. The molecule has 3 nitrogen and oxygen atoms in total. The van der Waals surface area contributed by atoms with Gasteiger partial charge in [0.1, 0.15) is 6.10 Å². The molecule has 1 heterocycles. The summed E-state index contributed by atoms with van der Waals surface area (Å²) in [5.41, 5.74) is -2.04. The number of carbonyl (C=O) groups is 2. The minimum Gasteiger partial charge on any atom is -0.350 e. The molecule has 2 fully saturated rings. The second kappa shape index (κ2) is 2.95. The fourth-order valence-corrected chi connectivity index (χ4v) is 2.62. The van der Waals surface area contributed by atoms with E-state index in [9.17, 15) is 9.59 Å². The number of rotatable bonds is 1. The van der Waals surface area contributed by atoms with Crippen LogP contribution in [0.5, 0.6) is 0 Å². The Bertz CT molecular complexity index is 352. The lowest BCUT2D eigenvalue weighted by Gasteiger charge is -2.32. The van der Waals surface area contributed by atoms with Crippen LogP contribution in [-0.4, -0.2) is 23.3 Å². The smallest absolute Gasteiger partial charge is 0.211 e. The first-order valence-corrected chi connectivity index (χ1v) is 5.90. The summed E-state index contributed by atoms with van der Waals surface area (Å²) in [5.74, 6) is -0.0704. The lowest BCUT2D eigenvalue weighted by molar-refractivity contribution is -0.144. The Morgan fingerprint density at radius 1 is 1.38 bits per heavy atom. The number of carbonyl (C=O) groups excluding carboxylic acids is 2. The van der Waals surface area contributed by atoms with Crippen LogP contribution in [0.4, 0.5) is 0 Å². The van der Waals surface area contributed by atoms with Gasteiger partial charge in [-0.1, -0.05) is 34.6 Å². The van der Waals surface area contributed by atoms with Gasteiger partial charge in [0.25, 0.3) is 0 Å². The fraction of sp³-hybridized carbons (Fsp3) is 0.846. The van der Waals surface area contributed by atoms with Crippen molar-refractivity contribution in [2.75, 3.05) is 0 Å². The maximum atomic E-state index is 12.4. The van der Waals surface area contributed by atoms with Gasteiger partial charge in [-0.3, -0.25) is 9.59 Å². The number of hydrogen-bond acceptors (Lipinski definition) is 3. The van der Waals surface area contributed by atoms with Crippen LogP contribution in [0.1, 0.15) is 47.5 Å². The molecule has 1 aliphatic carbocycles. The Kier molecular flexibility index (Phi) is 2.17. The molecular formula is C13H20O3. The van der Waals surface area contributed by atoms with Gasteiger partial charge in [-0.2, -0.15) is 0 Å². The van der Waals surface area contributed by atoms with E-state index in [-0.39, 0.29) is 17.7 Å². The molecule has 0 aromatic carbocycles. The third-order valence-electron chi connectivity index (χ3n) is 3.73. The first-order valence-electron chi connectivity index (χ1n) is 5.90. The number of fused-ring (bicyclic) bond motifs is 1. The molecule has 1 saturated heterocycles. The van der Waals surface area contributed by atoms with Gasteiger partial charge in [-0.15, -0.1) is 0 Å². The van der Waals surface area contributed by atoms with Gasteiger partial charge in [-0.05, 0) is 12.8 Å². The highest BCUT2D eigenvalue weighted by Gasteiger charge is 2.73. The summed E-state index contributed by atoms with van der Waals surface area (Å²) in [4.78, 5) is 24.7. The van der Waals surface area contributed by atoms with Crippen LogP contribution in [0.15, 0.2) is 0 Å². The SMILES string of the molecule is CC(C)(C)C(=O)C12OC1CCC(C)(C)C2=O. The maximum absolute atomic E-state index is 12.4. The monoisotopic (exact) mass is 224 g/mol. The predicted octanol–water partition coefficient (Wildman–Crippen LogP) is 2.13. The Hall–Kier alpha value is -0.700. The molecular weight excluding hydrogens is 204 g/mol. The third kappa shape index (κ3) is 1.37. The summed E-state index contributed by atoms with van der Waals surface area (Å²) in [6.45, 7) is 9.35. The zero-order valence-corrected chi connectivity index (χ0v) is 10.7. The Morgan fingerprint density at radius 2 is 1.94 bits per heavy atom. The molecule has 1 saturated carbocycles. The molecule has 2 unspecified atom stereocenters. The van der Waals surface area contributed by atoms with Crippen molar-refractivity contribution in [3.05, 3.63) is 0 Å². The average Bonchev–Trinajstić information content (AvgIpc) is 2.86. The summed E-state index contributed by atoms with van der Waals surface area (Å²) < 4.78 is 5.50. The standard InChI is InChI=1S/C13H20O3/c1-11(2,3)9(14)13-8(16-13)6-7-12(4,5)10(13)15/h8H,6-7H2,1-5H3. The van der Waals surface area contributed by atoms with E-state index in [0.29, 0.717) is 0 Å². The van der Waals surface area contributed by atoms with Crippen LogP contribution in [0.2, 0.25) is 0 Å². The van der Waals surface area contributed by atoms with E-state index in [2.05, 4.69) is 0 Å². The van der Waals surface area contributed by atoms with Crippen LogP contribution in [0.25, 0.3) is 0 Å². The highest BCUT2D eigenvalue weighted by molar-refractivity contribution is 6.17. The van der Waals surface area contributed by atoms with E-state index in [1.165, 1.54) is 0 Å². The highest BCUT2D eigenvalue weighted by atomic mass is 16.6. The summed E-state index contributed by atoms with van der Waals surface area (Å²) in [5, 5.41) is 0. The summed E-state index contributed by atoms with van der Waals surface area (Å²) in [6.07, 6.45) is 1.48. The van der Waals surface area contributed by atoms with Crippen LogP contribution in [-0.2, 0) is 14.3 Å². The third-order valence-corrected chi connectivity index (χ3v) is 3.73. The molecule has 0 aromatic heterocycles. The zero-order chi connectivity index (χ0) is 12.4. The number of Topliss-reactive ketones (excluding diaryl/α,β-unsaturated/α-hetero) is 2. The van der Waals surface area contributed by atoms with Gasteiger partial charge < -0.3 is 4.74 Å². The molecule has 2 rings (SSSR count). The first kappa shape index (κ1) is 11.8. The van der Waals surface area contributed by atoms with E-state index in [1.807, 2.05) is 34.6 Å². The summed E-state index contributed by atoms with van der Waals surface area (Å²) >= 11 is 0. The van der Waals surface area contributed by atoms with Crippen molar-refractivity contribution in [1.29, 1.82) is 0 Å². The molecule has 2 aliphatic rings. The molecule has 0 aromatic rings. The van der Waals surface area contributed by atoms with Crippen molar-refractivity contribution in [1.82, 2.24) is 0 Å². The fourth-order valence-electron chi connectivity index (χ4n) is 2.62. The second-order valence-electron chi connectivity index (χ2n) is 6.67. The summed E-state index contributed by atoms with van der Waals surface area (Å²) in [7, 11) is 0. The van der Waals surface area contributed by atoms with Crippen molar-refractivity contribution < 1.29 is 14.3 Å². The van der Waals surface area contributed by atoms with Crippen LogP contribution in [0, 0.1) is 10.8 Å². The van der Waals surface area contributed by atoms with E-state index in [1.54, 1.807) is 0 Å². The lowest BCUT2D eigenvalue weighted by atomic mass is 9.66. The largest absolute Gasteiger partial charge is 0.350 e. The highest BCUT2D eigenvalue weighted by Crippen LogP contribution is 2.54. The van der Waals surface area contributed by atoms with Gasteiger partial charge in [0, 0.05) is 10.8 Å².